The number of nitrogens with zero attached hydrogens (tertiary/aromatic N) is 1. The Hall–Kier alpha value is -2.80. The van der Waals surface area contributed by atoms with Gasteiger partial charge in [0.1, 0.15) is 5.75 Å². The predicted molar refractivity (Wildman–Crippen MR) is 89.7 cm³/mol. The van der Waals surface area contributed by atoms with Gasteiger partial charge in [-0.15, -0.1) is 0 Å². The smallest absolute Gasteiger partial charge is 0.191 e. The summed E-state index contributed by atoms with van der Waals surface area (Å²) >= 11 is 5.10. The van der Waals surface area contributed by atoms with Crippen molar-refractivity contribution in [3.8, 4) is 17.2 Å². The summed E-state index contributed by atoms with van der Waals surface area (Å²) in [5.74, 6) is 0.374. The molecule has 0 bridgehead atoms. The number of hydrogen-bond donors (Lipinski definition) is 4. The zero-order valence-electron chi connectivity index (χ0n) is 11.8. The first kappa shape index (κ1) is 15.6. The monoisotopic (exact) mass is 317 g/mol. The van der Waals surface area contributed by atoms with Crippen LogP contribution in [0.2, 0.25) is 0 Å². The van der Waals surface area contributed by atoms with Gasteiger partial charge >= 0.3 is 0 Å². The first-order valence-corrected chi connectivity index (χ1v) is 6.75. The number of nitrogens with one attached hydrogen (secondary N) is 2. The van der Waals surface area contributed by atoms with Crippen molar-refractivity contribution in [1.29, 1.82) is 0 Å². The highest BCUT2D eigenvalue weighted by Crippen LogP contribution is 2.23. The van der Waals surface area contributed by atoms with E-state index in [4.69, 9.17) is 17.0 Å². The van der Waals surface area contributed by atoms with Crippen LogP contribution in [0.25, 0.3) is 0 Å². The predicted octanol–water partition coefficient (Wildman–Crippen LogP) is 2.43. The van der Waals surface area contributed by atoms with E-state index in [1.165, 1.54) is 18.3 Å². The number of methoxy groups -OCH3 is 1. The second kappa shape index (κ2) is 7.28. The topological polar surface area (TPSA) is 86.1 Å². The van der Waals surface area contributed by atoms with Crippen molar-refractivity contribution < 1.29 is 14.9 Å². The molecule has 0 saturated heterocycles. The van der Waals surface area contributed by atoms with Gasteiger partial charge in [0.15, 0.2) is 16.6 Å². The fraction of sp³-hybridized carbons (Fsp3) is 0.0667. The fourth-order valence-electron chi connectivity index (χ4n) is 1.62. The largest absolute Gasteiger partial charge is 0.504 e. The van der Waals surface area contributed by atoms with E-state index >= 15 is 0 Å². The van der Waals surface area contributed by atoms with Gasteiger partial charge in [0.2, 0.25) is 0 Å². The Bertz CT molecular complexity index is 687. The average molecular weight is 317 g/mol. The van der Waals surface area contributed by atoms with Gasteiger partial charge in [0.25, 0.3) is 0 Å². The second-order valence-electron chi connectivity index (χ2n) is 4.30. The molecule has 0 saturated carbocycles. The van der Waals surface area contributed by atoms with Crippen LogP contribution in [0.4, 0.5) is 5.69 Å². The molecule has 2 aromatic rings. The van der Waals surface area contributed by atoms with Gasteiger partial charge in [-0.2, -0.15) is 5.10 Å². The Morgan fingerprint density at radius 2 is 1.86 bits per heavy atom. The first-order chi connectivity index (χ1) is 10.6. The van der Waals surface area contributed by atoms with Crippen LogP contribution in [-0.2, 0) is 0 Å². The number of rotatable bonds is 4. The van der Waals surface area contributed by atoms with E-state index in [-0.39, 0.29) is 11.5 Å². The normalized spacial score (nSPS) is 10.4. The molecule has 0 aromatic heterocycles. The van der Waals surface area contributed by atoms with Crippen LogP contribution in [-0.4, -0.2) is 28.6 Å². The van der Waals surface area contributed by atoms with Crippen molar-refractivity contribution in [3.05, 3.63) is 48.0 Å². The number of thiocarbonyl (C=S) groups is 1. The Balaban J connectivity index is 1.88. The third-order valence-electron chi connectivity index (χ3n) is 2.73. The Morgan fingerprint density at radius 1 is 1.14 bits per heavy atom. The van der Waals surface area contributed by atoms with E-state index in [1.54, 1.807) is 13.2 Å². The van der Waals surface area contributed by atoms with Crippen LogP contribution in [0.5, 0.6) is 17.2 Å². The molecule has 6 nitrogen and oxygen atoms in total. The molecule has 4 N–H and O–H groups in total. The van der Waals surface area contributed by atoms with Gasteiger partial charge < -0.3 is 20.3 Å². The van der Waals surface area contributed by atoms with E-state index in [2.05, 4.69) is 15.8 Å². The lowest BCUT2D eigenvalue weighted by Crippen LogP contribution is -2.23. The van der Waals surface area contributed by atoms with Gasteiger partial charge in [-0.3, -0.25) is 5.43 Å². The Kier molecular flexibility index (Phi) is 5.16. The highest BCUT2D eigenvalue weighted by Gasteiger charge is 1.99. The SMILES string of the molecule is COc1ccc(NC(=S)N/N=C/c2ccc(O)c(O)c2)cc1. The number of ether oxygens (including phenoxy) is 1. The van der Waals surface area contributed by atoms with E-state index in [0.29, 0.717) is 10.7 Å². The maximum atomic E-state index is 9.37. The van der Waals surface area contributed by atoms with Crippen LogP contribution < -0.4 is 15.5 Å². The van der Waals surface area contributed by atoms with Crippen molar-refractivity contribution in [2.45, 2.75) is 0 Å². The van der Waals surface area contributed by atoms with E-state index in [1.807, 2.05) is 24.3 Å². The standard InChI is InChI=1S/C15H15N3O3S/c1-21-12-5-3-11(4-6-12)17-15(22)18-16-9-10-2-7-13(19)14(20)8-10/h2-9,19-20H,1H3,(H2,17,18,22)/b16-9+. The third kappa shape index (κ3) is 4.35. The quantitative estimate of drug-likeness (QED) is 0.300. The minimum atomic E-state index is -0.206. The zero-order chi connectivity index (χ0) is 15.9. The van der Waals surface area contributed by atoms with Gasteiger partial charge in [0, 0.05) is 5.69 Å². The Labute approximate surface area is 133 Å². The zero-order valence-corrected chi connectivity index (χ0v) is 12.6. The maximum absolute atomic E-state index is 9.37. The maximum Gasteiger partial charge on any atom is 0.191 e. The molecular formula is C15H15N3O3S. The highest BCUT2D eigenvalue weighted by atomic mass is 32.1. The molecule has 0 fully saturated rings. The summed E-state index contributed by atoms with van der Waals surface area (Å²) in [5.41, 5.74) is 4.08. The molecule has 0 aliphatic heterocycles. The van der Waals surface area contributed by atoms with Crippen molar-refractivity contribution in [1.82, 2.24) is 5.43 Å². The number of phenolic OH excluding ortho intramolecular Hbond substituents is 2. The van der Waals surface area contributed by atoms with Crippen LogP contribution in [0.1, 0.15) is 5.56 Å². The van der Waals surface area contributed by atoms with Gasteiger partial charge in [0.05, 0.1) is 13.3 Å². The lowest BCUT2D eigenvalue weighted by Gasteiger charge is -2.07. The molecule has 22 heavy (non-hydrogen) atoms. The molecule has 7 heteroatoms. The number of aromatic hydroxyl groups is 2. The number of phenols is 2. The summed E-state index contributed by atoms with van der Waals surface area (Å²) < 4.78 is 5.07. The van der Waals surface area contributed by atoms with Gasteiger partial charge in [-0.05, 0) is 60.2 Å². The molecule has 0 aliphatic carbocycles. The summed E-state index contributed by atoms with van der Waals surface area (Å²) in [6, 6.07) is 11.7. The molecule has 0 unspecified atom stereocenters. The minimum absolute atomic E-state index is 0.179. The summed E-state index contributed by atoms with van der Waals surface area (Å²) in [6.45, 7) is 0. The molecule has 0 atom stereocenters. The van der Waals surface area contributed by atoms with Crippen LogP contribution in [0.3, 0.4) is 0 Å². The van der Waals surface area contributed by atoms with Crippen molar-refractivity contribution in [2.24, 2.45) is 5.10 Å². The highest BCUT2D eigenvalue weighted by molar-refractivity contribution is 7.80. The molecule has 0 heterocycles. The third-order valence-corrected chi connectivity index (χ3v) is 2.92. The fourth-order valence-corrected chi connectivity index (χ4v) is 1.79. The molecule has 0 aliphatic rings. The van der Waals surface area contributed by atoms with Gasteiger partial charge in [-0.25, -0.2) is 0 Å². The van der Waals surface area contributed by atoms with Crippen LogP contribution in [0.15, 0.2) is 47.6 Å². The van der Waals surface area contributed by atoms with Gasteiger partial charge in [-0.1, -0.05) is 0 Å². The summed E-state index contributed by atoms with van der Waals surface area (Å²) in [6.07, 6.45) is 1.47. The van der Waals surface area contributed by atoms with Crippen molar-refractivity contribution in [3.63, 3.8) is 0 Å². The van der Waals surface area contributed by atoms with Crippen molar-refractivity contribution >= 4 is 29.2 Å². The van der Waals surface area contributed by atoms with E-state index in [0.717, 1.165) is 11.4 Å². The second-order valence-corrected chi connectivity index (χ2v) is 4.71. The average Bonchev–Trinajstić information content (AvgIpc) is 2.51. The molecule has 114 valence electrons. The van der Waals surface area contributed by atoms with Crippen LogP contribution in [0, 0.1) is 0 Å². The molecule has 2 aromatic carbocycles. The number of benzene rings is 2. The van der Waals surface area contributed by atoms with Crippen LogP contribution >= 0.6 is 12.2 Å². The van der Waals surface area contributed by atoms with E-state index in [9.17, 15) is 10.2 Å². The lowest BCUT2D eigenvalue weighted by atomic mass is 10.2. The first-order valence-electron chi connectivity index (χ1n) is 6.34. The number of hydrogen-bond acceptors (Lipinski definition) is 5. The number of hydrazone groups is 1. The Morgan fingerprint density at radius 3 is 2.50 bits per heavy atom. The number of anilines is 1. The molecule has 0 amide bonds. The molecule has 0 spiro atoms. The summed E-state index contributed by atoms with van der Waals surface area (Å²) in [5, 5.41) is 25.8. The molecule has 0 radical (unpaired) electrons. The van der Waals surface area contributed by atoms with Crippen molar-refractivity contribution in [2.75, 3.05) is 12.4 Å². The lowest BCUT2D eigenvalue weighted by molar-refractivity contribution is 0.403. The summed E-state index contributed by atoms with van der Waals surface area (Å²) in [7, 11) is 1.60. The molecular weight excluding hydrogens is 302 g/mol. The summed E-state index contributed by atoms with van der Waals surface area (Å²) in [4.78, 5) is 0. The van der Waals surface area contributed by atoms with E-state index < -0.39 is 0 Å². The molecule has 2 rings (SSSR count). The minimum Gasteiger partial charge on any atom is -0.504 e.